The Labute approximate surface area is 107 Å². The van der Waals surface area contributed by atoms with Gasteiger partial charge in [0.2, 0.25) is 0 Å². The summed E-state index contributed by atoms with van der Waals surface area (Å²) in [6.45, 7) is 0. The van der Waals surface area contributed by atoms with Crippen LogP contribution in [0.3, 0.4) is 0 Å². The quantitative estimate of drug-likeness (QED) is 0.594. The number of alkyl halides is 5. The highest BCUT2D eigenvalue weighted by Gasteiger charge is 2.35. The van der Waals surface area contributed by atoms with Crippen molar-refractivity contribution >= 4 is 22.6 Å². The van der Waals surface area contributed by atoms with Gasteiger partial charge in [0.25, 0.3) is 6.43 Å². The van der Waals surface area contributed by atoms with Crippen molar-refractivity contribution in [2.75, 3.05) is 0 Å². The summed E-state index contributed by atoms with van der Waals surface area (Å²) in [4.78, 5) is 2.89. The van der Waals surface area contributed by atoms with E-state index in [0.717, 1.165) is 0 Å². The summed E-state index contributed by atoms with van der Waals surface area (Å²) in [6, 6.07) is 2.27. The normalized spacial score (nSPS) is 11.6. The topological polar surface area (TPSA) is 36.7 Å². The first-order chi connectivity index (χ1) is 7.77. The molecular formula is C9H4F5IN2. The molecule has 0 aliphatic heterocycles. The molecule has 0 bridgehead atoms. The van der Waals surface area contributed by atoms with Gasteiger partial charge in [0.1, 0.15) is 11.4 Å². The molecule has 0 saturated heterocycles. The number of rotatable bonds is 2. The summed E-state index contributed by atoms with van der Waals surface area (Å²) in [5.74, 6) is 0. The zero-order valence-corrected chi connectivity index (χ0v) is 10.2. The van der Waals surface area contributed by atoms with Gasteiger partial charge in [-0.05, 0) is 28.7 Å². The van der Waals surface area contributed by atoms with Gasteiger partial charge >= 0.3 is 6.18 Å². The smallest absolute Gasteiger partial charge is 0.242 e. The van der Waals surface area contributed by atoms with Crippen LogP contribution in [0, 0.1) is 14.9 Å². The molecule has 0 atom stereocenters. The van der Waals surface area contributed by atoms with Gasteiger partial charge in [-0.2, -0.15) is 18.4 Å². The monoisotopic (exact) mass is 362 g/mol. The number of aromatic nitrogens is 1. The van der Waals surface area contributed by atoms with E-state index in [2.05, 4.69) is 4.98 Å². The molecule has 0 radical (unpaired) electrons. The molecule has 8 heteroatoms. The fourth-order valence-electron chi connectivity index (χ4n) is 1.14. The molecule has 2 nitrogen and oxygen atoms in total. The van der Waals surface area contributed by atoms with Crippen LogP contribution in [0.15, 0.2) is 6.07 Å². The van der Waals surface area contributed by atoms with Crippen LogP contribution < -0.4 is 0 Å². The molecule has 1 rings (SSSR count). The first kappa shape index (κ1) is 14.1. The van der Waals surface area contributed by atoms with Crippen LogP contribution in [0.25, 0.3) is 0 Å². The summed E-state index contributed by atoms with van der Waals surface area (Å²) in [6.07, 6.45) is -8.33. The Morgan fingerprint density at radius 3 is 2.41 bits per heavy atom. The van der Waals surface area contributed by atoms with Crippen molar-refractivity contribution in [3.63, 3.8) is 0 Å². The second-order valence-corrected chi connectivity index (χ2v) is 4.15. The maximum absolute atomic E-state index is 12.6. The molecule has 0 N–H and O–H groups in total. The molecule has 92 valence electrons. The van der Waals surface area contributed by atoms with Crippen LogP contribution in [-0.4, -0.2) is 4.98 Å². The molecule has 0 spiro atoms. The summed E-state index contributed by atoms with van der Waals surface area (Å²) < 4.78 is 62.1. The zero-order valence-electron chi connectivity index (χ0n) is 8.02. The highest BCUT2D eigenvalue weighted by atomic mass is 127. The van der Waals surface area contributed by atoms with Gasteiger partial charge in [-0.1, -0.05) is 0 Å². The maximum Gasteiger partial charge on any atom is 0.433 e. The standard InChI is InChI=1S/C9H4F5IN2/c10-8(11)7-4(1-2-16)5(15)3-6(17-7)9(12,13)14/h3,8H,1H2. The van der Waals surface area contributed by atoms with Gasteiger partial charge in [-0.3, -0.25) is 0 Å². The number of pyridine rings is 1. The maximum atomic E-state index is 12.6. The lowest BCUT2D eigenvalue weighted by molar-refractivity contribution is -0.141. The van der Waals surface area contributed by atoms with Crippen LogP contribution >= 0.6 is 22.6 Å². The molecule has 0 aromatic carbocycles. The third-order valence-corrected chi connectivity index (χ3v) is 2.82. The SMILES string of the molecule is N#CCc1c(I)cc(C(F)(F)F)nc1C(F)F. The lowest BCUT2D eigenvalue weighted by atomic mass is 10.1. The van der Waals surface area contributed by atoms with Crippen molar-refractivity contribution in [2.24, 2.45) is 0 Å². The minimum atomic E-state index is -4.78. The van der Waals surface area contributed by atoms with E-state index in [0.29, 0.717) is 6.07 Å². The highest BCUT2D eigenvalue weighted by Crippen LogP contribution is 2.33. The predicted molar refractivity (Wildman–Crippen MR) is 56.2 cm³/mol. The van der Waals surface area contributed by atoms with Crippen LogP contribution in [-0.2, 0) is 12.6 Å². The van der Waals surface area contributed by atoms with Gasteiger partial charge in [0.15, 0.2) is 0 Å². The summed E-state index contributed by atoms with van der Waals surface area (Å²) in [7, 11) is 0. The van der Waals surface area contributed by atoms with Crippen molar-refractivity contribution < 1.29 is 22.0 Å². The predicted octanol–water partition coefficient (Wildman–Crippen LogP) is 3.71. The molecule has 1 aromatic heterocycles. The van der Waals surface area contributed by atoms with E-state index in [4.69, 9.17) is 5.26 Å². The van der Waals surface area contributed by atoms with Crippen molar-refractivity contribution in [2.45, 2.75) is 19.0 Å². The largest absolute Gasteiger partial charge is 0.433 e. The van der Waals surface area contributed by atoms with Crippen LogP contribution in [0.4, 0.5) is 22.0 Å². The van der Waals surface area contributed by atoms with Crippen molar-refractivity contribution in [3.05, 3.63) is 26.6 Å². The number of nitriles is 1. The molecule has 1 heterocycles. The number of nitrogens with zero attached hydrogens (tertiary/aromatic N) is 2. The van der Waals surface area contributed by atoms with Crippen LogP contribution in [0.5, 0.6) is 0 Å². The van der Waals surface area contributed by atoms with Crippen LogP contribution in [0.1, 0.15) is 23.4 Å². The van der Waals surface area contributed by atoms with E-state index in [9.17, 15) is 22.0 Å². The lowest BCUT2D eigenvalue weighted by Gasteiger charge is -2.12. The Morgan fingerprint density at radius 2 is 2.00 bits per heavy atom. The molecule has 1 aromatic rings. The van der Waals surface area contributed by atoms with E-state index in [-0.39, 0.29) is 9.13 Å². The summed E-state index contributed by atoms with van der Waals surface area (Å²) >= 11 is 1.48. The Hall–Kier alpha value is -0.980. The molecule has 17 heavy (non-hydrogen) atoms. The summed E-state index contributed by atoms with van der Waals surface area (Å²) in [5, 5.41) is 8.43. The molecule has 0 fully saturated rings. The molecule has 0 saturated carbocycles. The minimum Gasteiger partial charge on any atom is -0.242 e. The van der Waals surface area contributed by atoms with Gasteiger partial charge < -0.3 is 0 Å². The van der Waals surface area contributed by atoms with E-state index >= 15 is 0 Å². The second-order valence-electron chi connectivity index (χ2n) is 2.99. The van der Waals surface area contributed by atoms with Gasteiger partial charge in [0, 0.05) is 9.13 Å². The fraction of sp³-hybridized carbons (Fsp3) is 0.333. The molecule has 0 amide bonds. The minimum absolute atomic E-state index is 0.0400. The molecule has 0 unspecified atom stereocenters. The van der Waals surface area contributed by atoms with Crippen LogP contribution in [0.2, 0.25) is 0 Å². The molecule has 0 aliphatic rings. The highest BCUT2D eigenvalue weighted by molar-refractivity contribution is 14.1. The van der Waals surface area contributed by atoms with Crippen molar-refractivity contribution in [1.82, 2.24) is 4.98 Å². The van der Waals surface area contributed by atoms with Gasteiger partial charge in [-0.25, -0.2) is 13.8 Å². The average Bonchev–Trinajstić information content (AvgIpc) is 2.18. The molecule has 0 aliphatic carbocycles. The third kappa shape index (κ3) is 3.24. The number of halogens is 6. The van der Waals surface area contributed by atoms with Crippen molar-refractivity contribution in [1.29, 1.82) is 5.26 Å². The van der Waals surface area contributed by atoms with Gasteiger partial charge in [-0.15, -0.1) is 0 Å². The van der Waals surface area contributed by atoms with E-state index in [1.165, 1.54) is 22.6 Å². The van der Waals surface area contributed by atoms with Crippen molar-refractivity contribution in [3.8, 4) is 6.07 Å². The number of hydrogen-bond donors (Lipinski definition) is 0. The Kier molecular flexibility index (Phi) is 4.24. The zero-order chi connectivity index (χ0) is 13.2. The average molecular weight is 362 g/mol. The summed E-state index contributed by atoms with van der Waals surface area (Å²) in [5.41, 5.74) is -2.51. The Balaban J connectivity index is 3.42. The third-order valence-electron chi connectivity index (χ3n) is 1.85. The Bertz CT molecular complexity index is 464. The van der Waals surface area contributed by atoms with Gasteiger partial charge in [0.05, 0.1) is 12.5 Å². The Morgan fingerprint density at radius 1 is 1.41 bits per heavy atom. The lowest BCUT2D eigenvalue weighted by Crippen LogP contribution is -2.13. The number of hydrogen-bond acceptors (Lipinski definition) is 2. The second kappa shape index (κ2) is 5.12. The van der Waals surface area contributed by atoms with E-state index < -0.39 is 30.4 Å². The van der Waals surface area contributed by atoms with E-state index in [1.54, 1.807) is 6.07 Å². The van der Waals surface area contributed by atoms with E-state index in [1.807, 2.05) is 0 Å². The fourth-order valence-corrected chi connectivity index (χ4v) is 1.90. The first-order valence-corrected chi connectivity index (χ1v) is 5.27. The first-order valence-electron chi connectivity index (χ1n) is 4.19. The molecular weight excluding hydrogens is 358 g/mol.